The van der Waals surface area contributed by atoms with Gasteiger partial charge in [-0.1, -0.05) is 18.2 Å². The van der Waals surface area contributed by atoms with E-state index in [9.17, 15) is 9.18 Å². The maximum Gasteiger partial charge on any atom is 0.350 e. The van der Waals surface area contributed by atoms with Gasteiger partial charge in [0.1, 0.15) is 6.33 Å². The fraction of sp³-hybridized carbons (Fsp3) is 0.190. The number of hydrogen-bond donors (Lipinski definition) is 1. The van der Waals surface area contributed by atoms with Crippen LogP contribution in [0.15, 0.2) is 69.5 Å². The minimum atomic E-state index is -0.393. The zero-order valence-corrected chi connectivity index (χ0v) is 16.4. The minimum Gasteiger partial charge on any atom is -0.327 e. The third-order valence-corrected chi connectivity index (χ3v) is 4.78. The summed E-state index contributed by atoms with van der Waals surface area (Å²) in [7, 11) is 0. The monoisotopic (exact) mass is 405 g/mol. The molecule has 8 nitrogen and oxygen atoms in total. The molecule has 0 aliphatic carbocycles. The summed E-state index contributed by atoms with van der Waals surface area (Å²) in [6.45, 7) is 2.55. The van der Waals surface area contributed by atoms with Gasteiger partial charge < -0.3 is 5.73 Å². The van der Waals surface area contributed by atoms with Gasteiger partial charge in [-0.05, 0) is 30.2 Å². The molecule has 1 aliphatic rings. The number of rotatable bonds is 6. The number of aliphatic imine (C=N–C) groups is 2. The summed E-state index contributed by atoms with van der Waals surface area (Å²) >= 11 is 0. The summed E-state index contributed by atoms with van der Waals surface area (Å²) < 4.78 is 15.3. The van der Waals surface area contributed by atoms with Crippen molar-refractivity contribution in [3.05, 3.63) is 76.4 Å². The molecule has 1 aromatic carbocycles. The third kappa shape index (κ3) is 3.74. The standard InChI is InChI=1S/C21H20FN7O/c1-14-7-18(28-13-27-29(21(28)30)12-15(9-22)10-23)11-26-19(14)16-3-2-4-17(8-16)20-24-5-6-25-20/h2-5,7-9,11,13H,6,10,12,23H2,1H3/b15-9+. The van der Waals surface area contributed by atoms with E-state index in [1.54, 1.807) is 12.4 Å². The van der Waals surface area contributed by atoms with Gasteiger partial charge in [0.25, 0.3) is 0 Å². The van der Waals surface area contributed by atoms with Crippen LogP contribution in [0, 0.1) is 6.92 Å². The Morgan fingerprint density at radius 1 is 1.30 bits per heavy atom. The lowest BCUT2D eigenvalue weighted by Gasteiger charge is -2.09. The minimum absolute atomic E-state index is 0.00247. The van der Waals surface area contributed by atoms with E-state index < -0.39 is 5.69 Å². The number of aromatic nitrogens is 4. The number of hydrogen-bond acceptors (Lipinski definition) is 6. The predicted molar refractivity (Wildman–Crippen MR) is 114 cm³/mol. The van der Waals surface area contributed by atoms with Crippen molar-refractivity contribution in [2.45, 2.75) is 13.5 Å². The van der Waals surface area contributed by atoms with E-state index in [0.29, 0.717) is 24.4 Å². The number of amidine groups is 1. The van der Waals surface area contributed by atoms with Crippen LogP contribution in [0.25, 0.3) is 16.9 Å². The van der Waals surface area contributed by atoms with E-state index in [1.807, 2.05) is 37.3 Å². The van der Waals surface area contributed by atoms with Crippen LogP contribution in [0.4, 0.5) is 4.39 Å². The van der Waals surface area contributed by atoms with Crippen LogP contribution >= 0.6 is 0 Å². The summed E-state index contributed by atoms with van der Waals surface area (Å²) in [6.07, 6.45) is 5.19. The molecule has 0 atom stereocenters. The van der Waals surface area contributed by atoms with Crippen molar-refractivity contribution in [2.75, 3.05) is 13.1 Å². The largest absolute Gasteiger partial charge is 0.350 e. The molecule has 0 fully saturated rings. The topological polar surface area (TPSA) is 103 Å². The molecular weight excluding hydrogens is 385 g/mol. The molecule has 0 unspecified atom stereocenters. The quantitative estimate of drug-likeness (QED) is 0.678. The van der Waals surface area contributed by atoms with Gasteiger partial charge in [0, 0.05) is 23.9 Å². The number of benzene rings is 1. The first kappa shape index (κ1) is 19.6. The van der Waals surface area contributed by atoms with Crippen molar-refractivity contribution < 1.29 is 4.39 Å². The lowest BCUT2D eigenvalue weighted by Crippen LogP contribution is -2.26. The Balaban J connectivity index is 1.65. The van der Waals surface area contributed by atoms with E-state index in [0.717, 1.165) is 27.1 Å². The molecule has 0 saturated carbocycles. The zero-order valence-electron chi connectivity index (χ0n) is 16.4. The highest BCUT2D eigenvalue weighted by molar-refractivity contribution is 6.06. The van der Waals surface area contributed by atoms with E-state index in [-0.39, 0.29) is 18.7 Å². The molecule has 2 aromatic heterocycles. The van der Waals surface area contributed by atoms with Gasteiger partial charge >= 0.3 is 5.69 Å². The summed E-state index contributed by atoms with van der Waals surface area (Å²) in [5.41, 5.74) is 9.48. The lowest BCUT2D eigenvalue weighted by atomic mass is 10.0. The zero-order chi connectivity index (χ0) is 21.1. The molecule has 0 saturated heterocycles. The van der Waals surface area contributed by atoms with Gasteiger partial charge in [-0.3, -0.25) is 9.98 Å². The molecule has 2 N–H and O–H groups in total. The average Bonchev–Trinajstić information content (AvgIpc) is 3.42. The highest BCUT2D eigenvalue weighted by Crippen LogP contribution is 2.24. The maximum atomic E-state index is 12.8. The molecule has 9 heteroatoms. The Morgan fingerprint density at radius 2 is 2.13 bits per heavy atom. The van der Waals surface area contributed by atoms with Gasteiger partial charge in [-0.15, -0.1) is 0 Å². The first-order chi connectivity index (χ1) is 14.6. The van der Waals surface area contributed by atoms with Gasteiger partial charge in [0.2, 0.25) is 0 Å². The second-order valence-electron chi connectivity index (χ2n) is 6.83. The number of aryl methyl sites for hydroxylation is 1. The lowest BCUT2D eigenvalue weighted by molar-refractivity contribution is 0.612. The molecule has 4 rings (SSSR count). The summed E-state index contributed by atoms with van der Waals surface area (Å²) in [6, 6.07) is 9.74. The highest BCUT2D eigenvalue weighted by Gasteiger charge is 2.13. The van der Waals surface area contributed by atoms with Crippen LogP contribution in [0.3, 0.4) is 0 Å². The molecule has 152 valence electrons. The normalized spacial score (nSPS) is 13.7. The third-order valence-electron chi connectivity index (χ3n) is 4.78. The van der Waals surface area contributed by atoms with Crippen LogP contribution < -0.4 is 11.4 Å². The molecule has 0 amide bonds. The molecule has 3 heterocycles. The van der Waals surface area contributed by atoms with Crippen LogP contribution in [0.2, 0.25) is 0 Å². The fourth-order valence-corrected chi connectivity index (χ4v) is 3.22. The Morgan fingerprint density at radius 3 is 2.83 bits per heavy atom. The Kier molecular flexibility index (Phi) is 5.44. The molecular formula is C21H20FN7O. The molecule has 3 aromatic rings. The van der Waals surface area contributed by atoms with Gasteiger partial charge in [-0.25, -0.2) is 23.4 Å². The second-order valence-corrected chi connectivity index (χ2v) is 6.83. The van der Waals surface area contributed by atoms with Crippen molar-refractivity contribution in [1.29, 1.82) is 0 Å². The number of halogens is 1. The Labute approximate surface area is 171 Å². The smallest absolute Gasteiger partial charge is 0.327 e. The molecule has 1 aliphatic heterocycles. The van der Waals surface area contributed by atoms with Crippen LogP contribution in [-0.4, -0.2) is 44.5 Å². The van der Waals surface area contributed by atoms with Gasteiger partial charge in [-0.2, -0.15) is 5.10 Å². The fourth-order valence-electron chi connectivity index (χ4n) is 3.22. The molecule has 30 heavy (non-hydrogen) atoms. The van der Waals surface area contributed by atoms with Crippen molar-refractivity contribution in [2.24, 2.45) is 15.7 Å². The van der Waals surface area contributed by atoms with E-state index >= 15 is 0 Å². The van der Waals surface area contributed by atoms with Crippen molar-refractivity contribution in [1.82, 2.24) is 19.3 Å². The first-order valence-electron chi connectivity index (χ1n) is 9.38. The second kappa shape index (κ2) is 8.34. The van der Waals surface area contributed by atoms with E-state index in [1.165, 1.54) is 10.9 Å². The number of nitrogens with zero attached hydrogens (tertiary/aromatic N) is 6. The average molecular weight is 405 g/mol. The molecule has 0 spiro atoms. The number of pyridine rings is 1. The molecule has 0 radical (unpaired) electrons. The van der Waals surface area contributed by atoms with Crippen molar-refractivity contribution in [3.8, 4) is 16.9 Å². The maximum absolute atomic E-state index is 12.8. The van der Waals surface area contributed by atoms with E-state index in [4.69, 9.17) is 5.73 Å². The Bertz CT molecular complexity index is 1240. The highest BCUT2D eigenvalue weighted by atomic mass is 19.1. The summed E-state index contributed by atoms with van der Waals surface area (Å²) in [5, 5.41) is 4.04. The van der Waals surface area contributed by atoms with Gasteiger partial charge in [0.15, 0.2) is 5.84 Å². The van der Waals surface area contributed by atoms with E-state index in [2.05, 4.69) is 20.1 Å². The van der Waals surface area contributed by atoms with Gasteiger partial charge in [0.05, 0.1) is 37.0 Å². The van der Waals surface area contributed by atoms with Crippen molar-refractivity contribution in [3.63, 3.8) is 0 Å². The van der Waals surface area contributed by atoms with Crippen molar-refractivity contribution >= 4 is 12.1 Å². The van der Waals surface area contributed by atoms with Crippen LogP contribution in [-0.2, 0) is 6.54 Å². The first-order valence-corrected chi connectivity index (χ1v) is 9.38. The molecule has 0 bridgehead atoms. The summed E-state index contributed by atoms with van der Waals surface area (Å²) in [5.74, 6) is 0.712. The summed E-state index contributed by atoms with van der Waals surface area (Å²) in [4.78, 5) is 25.8. The van der Waals surface area contributed by atoms with Crippen LogP contribution in [0.5, 0.6) is 0 Å². The predicted octanol–water partition coefficient (Wildman–Crippen LogP) is 2.05. The number of nitrogens with two attached hydrogens (primary N) is 1. The SMILES string of the molecule is Cc1cc(-n2cnn(C/C(=C/F)CN)c2=O)cnc1-c1cccc(C2=NCC=N2)c1. The van der Waals surface area contributed by atoms with Crippen LogP contribution in [0.1, 0.15) is 11.1 Å². The Hall–Kier alpha value is -3.72.